The molecule has 0 aliphatic rings. The van der Waals surface area contributed by atoms with Gasteiger partial charge in [0.1, 0.15) is 6.33 Å². The van der Waals surface area contributed by atoms with Gasteiger partial charge in [0.2, 0.25) is 0 Å². The van der Waals surface area contributed by atoms with Crippen LogP contribution < -0.4 is 11.0 Å². The Hall–Kier alpha value is -1.10. The number of hydrogen-bond donors (Lipinski definition) is 1. The summed E-state index contributed by atoms with van der Waals surface area (Å²) in [6, 6.07) is 0. The van der Waals surface area contributed by atoms with Gasteiger partial charge in [-0.3, -0.25) is 4.57 Å². The molecule has 0 unspecified atom stereocenters. The highest BCUT2D eigenvalue weighted by Gasteiger charge is 1.99. The summed E-state index contributed by atoms with van der Waals surface area (Å²) in [5, 5.41) is 7.25. The van der Waals surface area contributed by atoms with Gasteiger partial charge in [-0.2, -0.15) is 5.10 Å². The molecule has 1 aromatic rings. The summed E-state index contributed by atoms with van der Waals surface area (Å²) >= 11 is 0. The molecule has 0 aliphatic carbocycles. The molecule has 1 aromatic heterocycles. The van der Waals surface area contributed by atoms with Crippen molar-refractivity contribution in [2.75, 3.05) is 13.1 Å². The molecule has 1 rings (SSSR count). The van der Waals surface area contributed by atoms with Crippen LogP contribution in [0.3, 0.4) is 0 Å². The monoisotopic (exact) mass is 198 g/mol. The third kappa shape index (κ3) is 2.99. The van der Waals surface area contributed by atoms with E-state index in [4.69, 9.17) is 0 Å². The zero-order valence-electron chi connectivity index (χ0n) is 8.86. The van der Waals surface area contributed by atoms with E-state index < -0.39 is 0 Å². The van der Waals surface area contributed by atoms with E-state index in [-0.39, 0.29) is 5.69 Å². The fourth-order valence-corrected chi connectivity index (χ4v) is 1.23. The van der Waals surface area contributed by atoms with Gasteiger partial charge in [-0.25, -0.2) is 9.48 Å². The minimum atomic E-state index is -0.0412. The fourth-order valence-electron chi connectivity index (χ4n) is 1.23. The van der Waals surface area contributed by atoms with Crippen LogP contribution in [0.4, 0.5) is 0 Å². The highest BCUT2D eigenvalue weighted by atomic mass is 16.2. The largest absolute Gasteiger partial charge is 0.345 e. The molecular formula is C9H18N4O. The van der Waals surface area contributed by atoms with Crippen molar-refractivity contribution >= 4 is 0 Å². The molecule has 0 saturated heterocycles. The summed E-state index contributed by atoms with van der Waals surface area (Å²) in [6.45, 7) is 4.81. The number of hydrogen-bond acceptors (Lipinski definition) is 3. The van der Waals surface area contributed by atoms with Crippen LogP contribution in [0.5, 0.6) is 0 Å². The van der Waals surface area contributed by atoms with Crippen molar-refractivity contribution in [1.82, 2.24) is 19.7 Å². The van der Waals surface area contributed by atoms with Crippen LogP contribution >= 0.6 is 0 Å². The van der Waals surface area contributed by atoms with Crippen LogP contribution in [0.1, 0.15) is 19.8 Å². The van der Waals surface area contributed by atoms with Crippen molar-refractivity contribution in [3.05, 3.63) is 16.8 Å². The van der Waals surface area contributed by atoms with E-state index in [0.29, 0.717) is 6.54 Å². The summed E-state index contributed by atoms with van der Waals surface area (Å²) in [6.07, 6.45) is 3.63. The van der Waals surface area contributed by atoms with Gasteiger partial charge in [-0.15, -0.1) is 0 Å². The molecule has 1 N–H and O–H groups in total. The molecule has 0 radical (unpaired) electrons. The minimum absolute atomic E-state index is 0.0412. The molecule has 14 heavy (non-hydrogen) atoms. The van der Waals surface area contributed by atoms with Gasteiger partial charge in [0, 0.05) is 13.6 Å². The first-order valence-corrected chi connectivity index (χ1v) is 5.05. The van der Waals surface area contributed by atoms with Gasteiger partial charge in [0.05, 0.1) is 0 Å². The van der Waals surface area contributed by atoms with Crippen LogP contribution in [0.2, 0.25) is 0 Å². The van der Waals surface area contributed by atoms with Gasteiger partial charge in [0.15, 0.2) is 0 Å². The Labute approximate surface area is 83.7 Å². The lowest BCUT2D eigenvalue weighted by Crippen LogP contribution is -2.25. The van der Waals surface area contributed by atoms with Crippen LogP contribution in [0, 0.1) is 0 Å². The topological polar surface area (TPSA) is 51.9 Å². The molecule has 1 heterocycles. The Balaban J connectivity index is 2.25. The zero-order valence-corrected chi connectivity index (χ0v) is 8.86. The van der Waals surface area contributed by atoms with Gasteiger partial charge >= 0.3 is 5.69 Å². The van der Waals surface area contributed by atoms with Crippen LogP contribution in [0.15, 0.2) is 11.1 Å². The van der Waals surface area contributed by atoms with Crippen molar-refractivity contribution in [1.29, 1.82) is 0 Å². The summed E-state index contributed by atoms with van der Waals surface area (Å²) in [4.78, 5) is 11.3. The molecule has 0 bridgehead atoms. The molecule has 0 aromatic carbocycles. The maximum absolute atomic E-state index is 11.3. The lowest BCUT2D eigenvalue weighted by atomic mass is 10.4. The van der Waals surface area contributed by atoms with E-state index in [0.717, 1.165) is 25.9 Å². The smallest absolute Gasteiger partial charge is 0.317 e. The van der Waals surface area contributed by atoms with Gasteiger partial charge in [-0.05, 0) is 25.9 Å². The van der Waals surface area contributed by atoms with Crippen molar-refractivity contribution in [2.45, 2.75) is 26.3 Å². The number of rotatable bonds is 6. The highest BCUT2D eigenvalue weighted by molar-refractivity contribution is 4.65. The predicted molar refractivity (Wildman–Crippen MR) is 55.2 cm³/mol. The van der Waals surface area contributed by atoms with Crippen molar-refractivity contribution in [3.8, 4) is 0 Å². The molecule has 5 nitrogen and oxygen atoms in total. The van der Waals surface area contributed by atoms with Crippen molar-refractivity contribution in [3.63, 3.8) is 0 Å². The van der Waals surface area contributed by atoms with E-state index in [1.807, 2.05) is 0 Å². The molecule has 0 aliphatic heterocycles. The zero-order chi connectivity index (χ0) is 10.4. The summed E-state index contributed by atoms with van der Waals surface area (Å²) < 4.78 is 2.98. The molecule has 0 saturated carbocycles. The van der Waals surface area contributed by atoms with Crippen molar-refractivity contribution in [2.24, 2.45) is 7.05 Å². The lowest BCUT2D eigenvalue weighted by molar-refractivity contribution is 0.526. The average molecular weight is 198 g/mol. The second kappa shape index (κ2) is 5.59. The Morgan fingerprint density at radius 2 is 2.29 bits per heavy atom. The first kappa shape index (κ1) is 11.0. The number of nitrogens with zero attached hydrogens (tertiary/aromatic N) is 3. The first-order chi connectivity index (χ1) is 6.75. The predicted octanol–water partition coefficient (Wildman–Crippen LogP) is -0.0285. The maximum Gasteiger partial charge on any atom is 0.345 e. The molecule has 80 valence electrons. The summed E-state index contributed by atoms with van der Waals surface area (Å²) in [7, 11) is 1.71. The maximum atomic E-state index is 11.3. The fraction of sp³-hybridized carbons (Fsp3) is 0.778. The van der Waals surface area contributed by atoms with Gasteiger partial charge in [-0.1, -0.05) is 6.92 Å². The van der Waals surface area contributed by atoms with E-state index in [9.17, 15) is 4.79 Å². The Kier molecular flexibility index (Phi) is 4.39. The van der Waals surface area contributed by atoms with E-state index in [1.165, 1.54) is 9.25 Å². The Morgan fingerprint density at radius 3 is 2.86 bits per heavy atom. The van der Waals surface area contributed by atoms with Crippen LogP contribution in [-0.2, 0) is 13.6 Å². The standard InChI is InChI=1S/C9H18N4O/c1-3-5-10-6-4-7-13-9(14)12(2)8-11-13/h8,10H,3-7H2,1-2H3. The first-order valence-electron chi connectivity index (χ1n) is 5.05. The van der Waals surface area contributed by atoms with Crippen LogP contribution in [-0.4, -0.2) is 27.4 Å². The molecule has 0 fully saturated rings. The molecule has 0 spiro atoms. The SMILES string of the molecule is CCCNCCCn1ncn(C)c1=O. The Bertz CT molecular complexity index is 315. The molecular weight excluding hydrogens is 180 g/mol. The van der Waals surface area contributed by atoms with Crippen molar-refractivity contribution < 1.29 is 0 Å². The van der Waals surface area contributed by atoms with E-state index in [1.54, 1.807) is 13.4 Å². The van der Waals surface area contributed by atoms with E-state index in [2.05, 4.69) is 17.3 Å². The van der Waals surface area contributed by atoms with Gasteiger partial charge in [0.25, 0.3) is 0 Å². The molecule has 5 heteroatoms. The third-order valence-corrected chi connectivity index (χ3v) is 2.04. The molecule has 0 atom stereocenters. The third-order valence-electron chi connectivity index (χ3n) is 2.04. The number of aromatic nitrogens is 3. The second-order valence-electron chi connectivity index (χ2n) is 3.35. The molecule has 0 amide bonds. The lowest BCUT2D eigenvalue weighted by Gasteiger charge is -2.01. The number of aryl methyl sites for hydroxylation is 2. The Morgan fingerprint density at radius 1 is 1.50 bits per heavy atom. The van der Waals surface area contributed by atoms with E-state index >= 15 is 0 Å². The highest BCUT2D eigenvalue weighted by Crippen LogP contribution is 1.83. The van der Waals surface area contributed by atoms with Crippen LogP contribution in [0.25, 0.3) is 0 Å². The number of nitrogens with one attached hydrogen (secondary N) is 1. The normalized spacial score (nSPS) is 10.7. The minimum Gasteiger partial charge on any atom is -0.317 e. The summed E-state index contributed by atoms with van der Waals surface area (Å²) in [5.74, 6) is 0. The summed E-state index contributed by atoms with van der Waals surface area (Å²) in [5.41, 5.74) is -0.0412. The van der Waals surface area contributed by atoms with Gasteiger partial charge < -0.3 is 5.32 Å². The quantitative estimate of drug-likeness (QED) is 0.653. The average Bonchev–Trinajstić information content (AvgIpc) is 2.49. The second-order valence-corrected chi connectivity index (χ2v) is 3.35.